The first-order chi connectivity index (χ1) is 8.12. The van der Waals surface area contributed by atoms with Gasteiger partial charge in [-0.2, -0.15) is 0 Å². The maximum atomic E-state index is 11.9. The van der Waals surface area contributed by atoms with Gasteiger partial charge in [0.1, 0.15) is 5.54 Å². The highest BCUT2D eigenvalue weighted by Crippen LogP contribution is 2.23. The van der Waals surface area contributed by atoms with E-state index in [2.05, 4.69) is 11.9 Å². The van der Waals surface area contributed by atoms with Crippen molar-refractivity contribution in [3.05, 3.63) is 12.7 Å². The first-order valence-corrected chi connectivity index (χ1v) is 6.59. The topological polar surface area (TPSA) is 38.3 Å². The molecule has 0 spiro atoms. The third kappa shape index (κ3) is 4.15. The van der Waals surface area contributed by atoms with Gasteiger partial charge < -0.3 is 4.74 Å². The van der Waals surface area contributed by atoms with Gasteiger partial charge in [-0.3, -0.25) is 10.1 Å². The van der Waals surface area contributed by atoms with Crippen LogP contribution in [0.15, 0.2) is 12.7 Å². The van der Waals surface area contributed by atoms with Crippen LogP contribution in [0.25, 0.3) is 0 Å². The molecule has 98 valence electrons. The normalized spacial score (nSPS) is 20.6. The molecule has 1 atom stereocenters. The molecule has 0 heterocycles. The Labute approximate surface area is 105 Å². The van der Waals surface area contributed by atoms with E-state index in [1.807, 2.05) is 13.0 Å². The zero-order valence-corrected chi connectivity index (χ0v) is 11.1. The lowest BCUT2D eigenvalue weighted by Crippen LogP contribution is -2.54. The number of allylic oxidation sites excluding steroid dienone is 1. The molecule has 0 saturated heterocycles. The number of nitrogens with one attached hydrogen (secondary N) is 1. The molecule has 1 unspecified atom stereocenters. The number of hydrogen-bond acceptors (Lipinski definition) is 3. The fourth-order valence-corrected chi connectivity index (χ4v) is 2.55. The predicted molar refractivity (Wildman–Crippen MR) is 69.9 cm³/mol. The molecule has 1 N–H and O–H groups in total. The molecule has 1 aliphatic carbocycles. The van der Waals surface area contributed by atoms with Crippen molar-refractivity contribution in [3.8, 4) is 0 Å². The van der Waals surface area contributed by atoms with Gasteiger partial charge in [0.25, 0.3) is 0 Å². The van der Waals surface area contributed by atoms with Gasteiger partial charge in [0.05, 0.1) is 7.11 Å². The number of carbonyl (C=O) groups is 1. The second kappa shape index (κ2) is 6.80. The first-order valence-electron chi connectivity index (χ1n) is 6.59. The lowest BCUT2D eigenvalue weighted by molar-refractivity contribution is -0.148. The smallest absolute Gasteiger partial charge is 0.325 e. The SMILES string of the molecule is C=CCCC(C)(NC1CCCCC1)C(=O)OC. The van der Waals surface area contributed by atoms with Crippen molar-refractivity contribution in [2.24, 2.45) is 0 Å². The maximum Gasteiger partial charge on any atom is 0.325 e. The lowest BCUT2D eigenvalue weighted by atomic mass is 9.89. The lowest BCUT2D eigenvalue weighted by Gasteiger charge is -2.34. The Bertz CT molecular complexity index is 259. The Balaban J connectivity index is 2.60. The van der Waals surface area contributed by atoms with E-state index in [-0.39, 0.29) is 5.97 Å². The van der Waals surface area contributed by atoms with Crippen LogP contribution >= 0.6 is 0 Å². The second-order valence-corrected chi connectivity index (χ2v) is 5.13. The van der Waals surface area contributed by atoms with E-state index in [0.29, 0.717) is 6.04 Å². The van der Waals surface area contributed by atoms with Gasteiger partial charge in [-0.25, -0.2) is 0 Å². The molecule has 3 nitrogen and oxygen atoms in total. The molecule has 1 aliphatic rings. The summed E-state index contributed by atoms with van der Waals surface area (Å²) < 4.78 is 4.92. The molecule has 1 rings (SSSR count). The summed E-state index contributed by atoms with van der Waals surface area (Å²) in [6.07, 6.45) is 9.60. The Morgan fingerprint density at radius 1 is 1.47 bits per heavy atom. The van der Waals surface area contributed by atoms with Crippen molar-refractivity contribution in [2.75, 3.05) is 7.11 Å². The number of esters is 1. The van der Waals surface area contributed by atoms with E-state index in [4.69, 9.17) is 4.74 Å². The van der Waals surface area contributed by atoms with E-state index in [9.17, 15) is 4.79 Å². The molecule has 0 bridgehead atoms. The van der Waals surface area contributed by atoms with Crippen molar-refractivity contribution in [2.45, 2.75) is 63.5 Å². The van der Waals surface area contributed by atoms with E-state index < -0.39 is 5.54 Å². The third-order valence-corrected chi connectivity index (χ3v) is 3.61. The van der Waals surface area contributed by atoms with Crippen LogP contribution in [0.4, 0.5) is 0 Å². The predicted octanol–water partition coefficient (Wildman–Crippen LogP) is 2.81. The number of ether oxygens (including phenoxy) is 1. The Morgan fingerprint density at radius 2 is 2.12 bits per heavy atom. The summed E-state index contributed by atoms with van der Waals surface area (Å²) in [5.74, 6) is -0.162. The zero-order chi connectivity index (χ0) is 12.7. The Hall–Kier alpha value is -0.830. The van der Waals surface area contributed by atoms with Crippen LogP contribution in [0.2, 0.25) is 0 Å². The van der Waals surface area contributed by atoms with Gasteiger partial charge in [-0.1, -0.05) is 25.3 Å². The molecule has 1 saturated carbocycles. The molecular weight excluding hydrogens is 214 g/mol. The highest BCUT2D eigenvalue weighted by atomic mass is 16.5. The Morgan fingerprint density at radius 3 is 2.65 bits per heavy atom. The average molecular weight is 239 g/mol. The van der Waals surface area contributed by atoms with Gasteiger partial charge in [0, 0.05) is 6.04 Å². The average Bonchev–Trinajstić information content (AvgIpc) is 2.36. The van der Waals surface area contributed by atoms with Crippen LogP contribution in [0.1, 0.15) is 51.9 Å². The van der Waals surface area contributed by atoms with Crippen molar-refractivity contribution >= 4 is 5.97 Å². The van der Waals surface area contributed by atoms with Crippen molar-refractivity contribution in [3.63, 3.8) is 0 Å². The van der Waals surface area contributed by atoms with Crippen LogP contribution in [0.3, 0.4) is 0 Å². The van der Waals surface area contributed by atoms with Crippen molar-refractivity contribution in [1.82, 2.24) is 5.32 Å². The van der Waals surface area contributed by atoms with Gasteiger partial charge >= 0.3 is 5.97 Å². The molecular formula is C14H25NO2. The van der Waals surface area contributed by atoms with Gasteiger partial charge in [-0.05, 0) is 32.6 Å². The standard InChI is InChI=1S/C14H25NO2/c1-4-5-11-14(2,13(16)17-3)15-12-9-7-6-8-10-12/h4,12,15H,1,5-11H2,2-3H3. The van der Waals surface area contributed by atoms with Crippen LogP contribution in [-0.4, -0.2) is 24.7 Å². The van der Waals surface area contributed by atoms with Gasteiger partial charge in [-0.15, -0.1) is 6.58 Å². The summed E-state index contributed by atoms with van der Waals surface area (Å²) in [4.78, 5) is 11.9. The van der Waals surface area contributed by atoms with Gasteiger partial charge in [0.2, 0.25) is 0 Å². The van der Waals surface area contributed by atoms with E-state index >= 15 is 0 Å². The van der Waals surface area contributed by atoms with E-state index in [1.165, 1.54) is 39.2 Å². The minimum atomic E-state index is -0.565. The third-order valence-electron chi connectivity index (χ3n) is 3.61. The molecule has 17 heavy (non-hydrogen) atoms. The first kappa shape index (κ1) is 14.2. The second-order valence-electron chi connectivity index (χ2n) is 5.13. The van der Waals surface area contributed by atoms with Gasteiger partial charge in [0.15, 0.2) is 0 Å². The summed E-state index contributed by atoms with van der Waals surface area (Å²) in [5, 5.41) is 3.50. The largest absolute Gasteiger partial charge is 0.468 e. The van der Waals surface area contributed by atoms with Crippen molar-refractivity contribution < 1.29 is 9.53 Å². The number of methoxy groups -OCH3 is 1. The fraction of sp³-hybridized carbons (Fsp3) is 0.786. The molecule has 0 aromatic rings. The van der Waals surface area contributed by atoms with Crippen LogP contribution in [0, 0.1) is 0 Å². The summed E-state index contributed by atoms with van der Waals surface area (Å²) >= 11 is 0. The number of rotatable bonds is 6. The molecule has 0 aromatic carbocycles. The molecule has 0 aromatic heterocycles. The monoisotopic (exact) mass is 239 g/mol. The molecule has 0 amide bonds. The zero-order valence-electron chi connectivity index (χ0n) is 11.1. The highest BCUT2D eigenvalue weighted by Gasteiger charge is 2.35. The minimum Gasteiger partial charge on any atom is -0.468 e. The summed E-state index contributed by atoms with van der Waals surface area (Å²) in [6.45, 7) is 5.66. The highest BCUT2D eigenvalue weighted by molar-refractivity contribution is 5.80. The molecule has 1 fully saturated rings. The fourth-order valence-electron chi connectivity index (χ4n) is 2.55. The summed E-state index contributed by atoms with van der Waals surface area (Å²) in [7, 11) is 1.46. The van der Waals surface area contributed by atoms with Crippen molar-refractivity contribution in [1.29, 1.82) is 0 Å². The number of hydrogen-bond donors (Lipinski definition) is 1. The summed E-state index contributed by atoms with van der Waals surface area (Å²) in [5.41, 5.74) is -0.565. The summed E-state index contributed by atoms with van der Waals surface area (Å²) in [6, 6.07) is 0.456. The minimum absolute atomic E-state index is 0.162. The van der Waals surface area contributed by atoms with E-state index in [0.717, 1.165) is 12.8 Å². The molecule has 0 radical (unpaired) electrons. The van der Waals surface area contributed by atoms with Crippen LogP contribution in [0.5, 0.6) is 0 Å². The molecule has 0 aliphatic heterocycles. The maximum absolute atomic E-state index is 11.9. The quantitative estimate of drug-likeness (QED) is 0.572. The molecule has 3 heteroatoms. The van der Waals surface area contributed by atoms with Crippen LogP contribution in [-0.2, 0) is 9.53 Å². The number of carbonyl (C=O) groups excluding carboxylic acids is 1. The van der Waals surface area contributed by atoms with Crippen LogP contribution < -0.4 is 5.32 Å². The Kier molecular flexibility index (Phi) is 5.69. The van der Waals surface area contributed by atoms with E-state index in [1.54, 1.807) is 0 Å².